The van der Waals surface area contributed by atoms with Crippen LogP contribution in [0.15, 0.2) is 136 Å². The minimum Gasteiger partial charge on any atom is -0.507 e. The topological polar surface area (TPSA) is 216 Å². The number of anilines is 1. The average molecular weight is 1280 g/mol. The van der Waals surface area contributed by atoms with Crippen LogP contribution in [-0.2, 0) is 41.8 Å². The molecule has 0 radical (unpaired) electrons. The number of unbranched alkanes of at least 4 members (excludes halogenated alkanes) is 6. The Balaban J connectivity index is 1.32. The molecular formula is C76H82N4O14. The van der Waals surface area contributed by atoms with E-state index in [9.17, 15) is 19.8 Å². The van der Waals surface area contributed by atoms with Gasteiger partial charge in [-0.3, -0.25) is 15.0 Å². The Morgan fingerprint density at radius 1 is 0.383 bits per heavy atom. The summed E-state index contributed by atoms with van der Waals surface area (Å²) >= 11 is 0. The standard InChI is InChI=1S/C76H82N4O14/c1-85-65-17-21-69(89-5)57(41-65)45-77-61-33-49-29-53-37-63(79-47-59-43-67(87-3)19-23-71(59)91-7)39-55(75(53)93-27-15-11-9-13-25-81)31-51-35-62(78-46-58-42-66(86-2)18-22-70(58)90-6)36-52(74(51)84)32-56-40-64(80-48-60-44-68(88-4)20-24-72(60)92-8)38-54(30-50(34-61)73(49)83)76(56)94-28-16-12-10-14-26-82/h17-26,33-45,47-48,78,83-84H,9-16,27-32,46H2,1-8H3. The molecule has 0 aliphatic heterocycles. The molecule has 0 heterocycles. The summed E-state index contributed by atoms with van der Waals surface area (Å²) in [6.45, 7) is 0.931. The van der Waals surface area contributed by atoms with Crippen molar-refractivity contribution in [2.24, 2.45) is 15.0 Å². The second-order valence-electron chi connectivity index (χ2n) is 22.5. The molecule has 0 amide bonds. The highest BCUT2D eigenvalue weighted by Gasteiger charge is 2.25. The highest BCUT2D eigenvalue weighted by Crippen LogP contribution is 2.44. The number of aliphatic imine (C=N–C) groups is 3. The van der Waals surface area contributed by atoms with E-state index in [4.69, 9.17) is 62.3 Å². The number of methoxy groups -OCH3 is 8. The van der Waals surface area contributed by atoms with E-state index in [1.54, 1.807) is 75.5 Å². The maximum Gasteiger partial charge on any atom is 0.127 e. The fourth-order valence-electron chi connectivity index (χ4n) is 11.4. The Bertz CT molecular complexity index is 3840. The zero-order chi connectivity index (χ0) is 66.3. The number of aldehydes is 2. The van der Waals surface area contributed by atoms with Gasteiger partial charge in [0.15, 0.2) is 0 Å². The first-order valence-corrected chi connectivity index (χ1v) is 31.3. The molecule has 8 bridgehead atoms. The van der Waals surface area contributed by atoms with Crippen molar-refractivity contribution in [2.75, 3.05) is 75.4 Å². The molecule has 0 aromatic heterocycles. The van der Waals surface area contributed by atoms with Crippen molar-refractivity contribution >= 4 is 54.0 Å². The van der Waals surface area contributed by atoms with E-state index in [1.165, 1.54) is 0 Å². The van der Waals surface area contributed by atoms with Crippen LogP contribution in [0.25, 0.3) is 0 Å². The predicted molar refractivity (Wildman–Crippen MR) is 368 cm³/mol. The predicted octanol–water partition coefficient (Wildman–Crippen LogP) is 15.0. The molecule has 0 fully saturated rings. The summed E-state index contributed by atoms with van der Waals surface area (Å²) in [6, 6.07) is 37.5. The summed E-state index contributed by atoms with van der Waals surface area (Å²) in [5.41, 5.74) is 10.1. The van der Waals surface area contributed by atoms with Crippen molar-refractivity contribution in [1.82, 2.24) is 0 Å². The Labute approximate surface area is 549 Å². The summed E-state index contributed by atoms with van der Waals surface area (Å²) in [4.78, 5) is 38.1. The van der Waals surface area contributed by atoms with Crippen LogP contribution < -0.4 is 52.7 Å². The van der Waals surface area contributed by atoms with E-state index in [0.717, 1.165) is 31.0 Å². The normalized spacial score (nSPS) is 12.0. The molecule has 0 saturated carbocycles. The molecule has 9 rings (SSSR count). The molecule has 1 aliphatic rings. The quantitative estimate of drug-likeness (QED) is 0.0159. The first-order chi connectivity index (χ1) is 45.9. The minimum atomic E-state index is 0.0176. The highest BCUT2D eigenvalue weighted by molar-refractivity contribution is 5.88. The molecule has 94 heavy (non-hydrogen) atoms. The first-order valence-electron chi connectivity index (χ1n) is 31.3. The van der Waals surface area contributed by atoms with Gasteiger partial charge in [0.2, 0.25) is 0 Å². The van der Waals surface area contributed by atoms with Gasteiger partial charge < -0.3 is 72.5 Å². The Morgan fingerprint density at radius 3 is 1.05 bits per heavy atom. The van der Waals surface area contributed by atoms with Gasteiger partial charge in [0.25, 0.3) is 0 Å². The van der Waals surface area contributed by atoms with Crippen LogP contribution in [0.2, 0.25) is 0 Å². The summed E-state index contributed by atoms with van der Waals surface area (Å²) in [7, 11) is 12.8. The molecule has 8 aromatic rings. The third-order valence-corrected chi connectivity index (χ3v) is 16.3. The van der Waals surface area contributed by atoms with E-state index in [-0.39, 0.29) is 37.2 Å². The molecule has 8 aromatic carbocycles. The highest BCUT2D eigenvalue weighted by atomic mass is 16.5. The van der Waals surface area contributed by atoms with Crippen molar-refractivity contribution in [3.8, 4) is 69.0 Å². The molecule has 0 unspecified atom stereocenters. The molecule has 0 saturated heterocycles. The lowest BCUT2D eigenvalue weighted by atomic mass is 9.90. The number of fused-ring (bicyclic) bond motifs is 8. The van der Waals surface area contributed by atoms with Gasteiger partial charge in [0.05, 0.1) is 87.2 Å². The monoisotopic (exact) mass is 1270 g/mol. The van der Waals surface area contributed by atoms with Gasteiger partial charge in [-0.1, -0.05) is 0 Å². The number of carbonyl (C=O) groups is 2. The summed E-state index contributed by atoms with van der Waals surface area (Å²) in [6.07, 6.45) is 12.6. The lowest BCUT2D eigenvalue weighted by Gasteiger charge is -2.22. The van der Waals surface area contributed by atoms with E-state index in [1.807, 2.05) is 121 Å². The van der Waals surface area contributed by atoms with Gasteiger partial charge in [-0.25, -0.2) is 0 Å². The third kappa shape index (κ3) is 17.5. The molecule has 490 valence electrons. The molecule has 18 nitrogen and oxygen atoms in total. The molecule has 18 heteroatoms. The number of benzene rings is 8. The van der Waals surface area contributed by atoms with Gasteiger partial charge in [-0.2, -0.15) is 0 Å². The van der Waals surface area contributed by atoms with E-state index in [2.05, 4.69) is 5.32 Å². The van der Waals surface area contributed by atoms with E-state index < -0.39 is 0 Å². The van der Waals surface area contributed by atoms with Gasteiger partial charge in [-0.15, -0.1) is 0 Å². The number of ether oxygens (including phenoxy) is 10. The first kappa shape index (κ1) is 67.9. The lowest BCUT2D eigenvalue weighted by Crippen LogP contribution is -2.09. The van der Waals surface area contributed by atoms with Gasteiger partial charge >= 0.3 is 0 Å². The molecular weight excluding hydrogens is 1190 g/mol. The summed E-state index contributed by atoms with van der Waals surface area (Å²) in [5, 5.41) is 29.9. The molecule has 3 N–H and O–H groups in total. The minimum absolute atomic E-state index is 0.0176. The molecule has 0 spiro atoms. The fraction of sp³-hybridized carbons (Fsp3) is 0.303. The number of phenolic OH excluding ortho intramolecular Hbond substituents is 2. The zero-order valence-electron chi connectivity index (χ0n) is 54.7. The Hall–Kier alpha value is -10.5. The Morgan fingerprint density at radius 2 is 0.713 bits per heavy atom. The van der Waals surface area contributed by atoms with Crippen LogP contribution in [0.4, 0.5) is 22.7 Å². The second-order valence-corrected chi connectivity index (χ2v) is 22.5. The van der Waals surface area contributed by atoms with Crippen LogP contribution in [0.5, 0.6) is 69.0 Å². The number of carbonyl (C=O) groups excluding carboxylic acids is 2. The van der Waals surface area contributed by atoms with Crippen molar-refractivity contribution in [3.63, 3.8) is 0 Å². The van der Waals surface area contributed by atoms with Crippen LogP contribution in [0, 0.1) is 0 Å². The van der Waals surface area contributed by atoms with Crippen molar-refractivity contribution < 1.29 is 67.2 Å². The number of aromatic hydroxyl groups is 2. The average Bonchev–Trinajstić information content (AvgIpc) is 0.795. The Kier molecular flexibility index (Phi) is 24.4. The van der Waals surface area contributed by atoms with Crippen LogP contribution in [0.1, 0.15) is 118 Å². The van der Waals surface area contributed by atoms with Gasteiger partial charge in [0.1, 0.15) is 81.6 Å². The van der Waals surface area contributed by atoms with Crippen LogP contribution in [0.3, 0.4) is 0 Å². The number of rotatable bonds is 31. The maximum absolute atomic E-state index is 13.1. The number of hydrogen-bond acceptors (Lipinski definition) is 18. The smallest absolute Gasteiger partial charge is 0.127 e. The van der Waals surface area contributed by atoms with Gasteiger partial charge in [-0.05, 0) is 160 Å². The molecule has 1 aliphatic carbocycles. The summed E-state index contributed by atoms with van der Waals surface area (Å²) in [5.74, 6) is 6.06. The van der Waals surface area contributed by atoms with Gasteiger partial charge in [0, 0.05) is 136 Å². The summed E-state index contributed by atoms with van der Waals surface area (Å²) < 4.78 is 59.6. The SMILES string of the molecule is COc1ccc(OC)c(C=Nc2cc3c(O)c(c2)Cc2cc(N=Cc4cc(OC)ccc4OC)cc(c2OCCCCCC=O)Cc2cc(NCc4cc(OC)ccc4OC)cc(c2O)Cc2cc(N=Cc4cc(OC)ccc4OC)cc(c2OCCCCCC=O)C3)c1. The number of nitrogens with one attached hydrogen (secondary N) is 1. The van der Waals surface area contributed by atoms with Crippen molar-refractivity contribution in [1.29, 1.82) is 0 Å². The van der Waals surface area contributed by atoms with Crippen molar-refractivity contribution in [2.45, 2.75) is 83.6 Å². The van der Waals surface area contributed by atoms with Crippen LogP contribution >= 0.6 is 0 Å². The third-order valence-electron chi connectivity index (χ3n) is 16.3. The number of hydrogen-bond donors (Lipinski definition) is 3. The zero-order valence-corrected chi connectivity index (χ0v) is 54.7. The largest absolute Gasteiger partial charge is 0.507 e. The second kappa shape index (κ2) is 33.7. The van der Waals surface area contributed by atoms with Crippen LogP contribution in [-0.4, -0.2) is 112 Å². The lowest BCUT2D eigenvalue weighted by molar-refractivity contribution is -0.108. The molecule has 0 atom stereocenters. The number of nitrogens with zero attached hydrogens (tertiary/aromatic N) is 3. The maximum atomic E-state index is 13.1. The van der Waals surface area contributed by atoms with Crippen molar-refractivity contribution in [3.05, 3.63) is 188 Å². The van der Waals surface area contributed by atoms with E-state index in [0.29, 0.717) is 200 Å². The van der Waals surface area contributed by atoms with E-state index >= 15 is 0 Å². The fourth-order valence-corrected chi connectivity index (χ4v) is 11.4. The number of phenols is 2.